The molecule has 0 bridgehead atoms. The van der Waals surface area contributed by atoms with E-state index in [1.165, 1.54) is 13.2 Å². The molecule has 0 aliphatic rings. The molecule has 5 N–H and O–H groups in total. The normalized spacial score (nSPS) is 9.89. The second-order valence-corrected chi connectivity index (χ2v) is 10.7. The lowest BCUT2D eigenvalue weighted by molar-refractivity contribution is -0.386. The fraction of sp³-hybridized carbons (Fsp3) is 0.233. The zero-order valence-electron chi connectivity index (χ0n) is 24.1. The molecule has 3 aromatic carbocycles. The molecule has 246 valence electrons. The first-order chi connectivity index (χ1) is 21.6. The number of aromatic carboxylic acids is 2. The predicted molar refractivity (Wildman–Crippen MR) is 172 cm³/mol. The number of nitrogens with zero attached hydrogens (tertiary/aromatic N) is 1. The molecule has 0 aliphatic carbocycles. The van der Waals surface area contributed by atoms with Gasteiger partial charge in [0.2, 0.25) is 5.75 Å². The maximum Gasteiger partial charge on any atom is 0.341 e. The van der Waals surface area contributed by atoms with Gasteiger partial charge in [-0.2, -0.15) is 0 Å². The number of phenolic OH excluding ortho intramolecular Hbond substituents is 1. The molecular formula is C30H29ClINO13. The molecule has 0 fully saturated rings. The molecule has 0 amide bonds. The number of ether oxygens (including phenoxy) is 1. The third kappa shape index (κ3) is 13.5. The molecule has 0 saturated carbocycles. The zero-order valence-corrected chi connectivity index (χ0v) is 27.1. The highest BCUT2D eigenvalue weighted by atomic mass is 127. The number of benzene rings is 3. The fourth-order valence-electron chi connectivity index (χ4n) is 3.57. The van der Waals surface area contributed by atoms with E-state index in [9.17, 15) is 39.2 Å². The van der Waals surface area contributed by atoms with E-state index in [-0.39, 0.29) is 50.5 Å². The molecule has 0 aliphatic heterocycles. The van der Waals surface area contributed by atoms with Crippen LogP contribution in [0.2, 0.25) is 5.02 Å². The lowest BCUT2D eigenvalue weighted by Crippen LogP contribution is -2.02. The van der Waals surface area contributed by atoms with Gasteiger partial charge in [0.05, 0.1) is 26.2 Å². The number of aromatic hydroxyl groups is 1. The third-order valence-corrected chi connectivity index (χ3v) is 6.96. The minimum absolute atomic E-state index is 0.000980. The van der Waals surface area contributed by atoms with Gasteiger partial charge in [0.25, 0.3) is 0 Å². The molecule has 0 radical (unpaired) electrons. The van der Waals surface area contributed by atoms with E-state index in [1.807, 2.05) is 12.1 Å². The van der Waals surface area contributed by atoms with Gasteiger partial charge in [0.1, 0.15) is 11.3 Å². The summed E-state index contributed by atoms with van der Waals surface area (Å²) in [6.07, 6.45) is 1.94. The zero-order chi connectivity index (χ0) is 35.0. The van der Waals surface area contributed by atoms with Gasteiger partial charge in [0, 0.05) is 30.9 Å². The number of methoxy groups -OCH3 is 1. The summed E-state index contributed by atoms with van der Waals surface area (Å²) in [6, 6.07) is 13.7. The number of aryl methyl sites for hydroxylation is 1. The number of rotatable bonds is 13. The molecule has 16 heteroatoms. The molecule has 0 aromatic heterocycles. The number of hydrogen-bond acceptors (Lipinski definition) is 9. The van der Waals surface area contributed by atoms with Crippen molar-refractivity contribution in [1.29, 1.82) is 0 Å². The van der Waals surface area contributed by atoms with E-state index in [4.69, 9.17) is 36.8 Å². The Bertz CT molecular complexity index is 1580. The Morgan fingerprint density at radius 2 is 1.43 bits per heavy atom. The Kier molecular flexibility index (Phi) is 16.7. The van der Waals surface area contributed by atoms with E-state index in [2.05, 4.69) is 0 Å². The number of carbonyl (C=O) groups excluding carboxylic acids is 1. The van der Waals surface area contributed by atoms with E-state index >= 15 is 0 Å². The number of carboxylic acid groups (broad SMARTS) is 4. The highest BCUT2D eigenvalue weighted by molar-refractivity contribution is 14.1. The average molecular weight is 774 g/mol. The lowest BCUT2D eigenvalue weighted by Gasteiger charge is -2.04. The molecule has 0 spiro atoms. The summed E-state index contributed by atoms with van der Waals surface area (Å²) in [6.45, 7) is 0. The van der Waals surface area contributed by atoms with Gasteiger partial charge < -0.3 is 30.3 Å². The van der Waals surface area contributed by atoms with Crippen molar-refractivity contribution >= 4 is 69.5 Å². The van der Waals surface area contributed by atoms with Crippen LogP contribution in [0.3, 0.4) is 0 Å². The Morgan fingerprint density at radius 3 is 1.91 bits per heavy atom. The molecule has 0 saturated heterocycles. The van der Waals surface area contributed by atoms with E-state index < -0.39 is 40.2 Å². The van der Waals surface area contributed by atoms with E-state index in [0.717, 1.165) is 17.7 Å². The van der Waals surface area contributed by atoms with Gasteiger partial charge in [-0.15, -0.1) is 0 Å². The summed E-state index contributed by atoms with van der Waals surface area (Å²) in [4.78, 5) is 63.3. The first-order valence-electron chi connectivity index (χ1n) is 13.1. The highest BCUT2D eigenvalue weighted by Crippen LogP contribution is 2.32. The van der Waals surface area contributed by atoms with Crippen molar-refractivity contribution in [3.05, 3.63) is 95.6 Å². The molecule has 46 heavy (non-hydrogen) atoms. The smallest absolute Gasteiger partial charge is 0.341 e. The molecule has 14 nitrogen and oxygen atoms in total. The first kappa shape index (κ1) is 39.3. The Morgan fingerprint density at radius 1 is 0.848 bits per heavy atom. The van der Waals surface area contributed by atoms with Crippen molar-refractivity contribution in [3.63, 3.8) is 0 Å². The van der Waals surface area contributed by atoms with Crippen molar-refractivity contribution in [2.75, 3.05) is 7.11 Å². The van der Waals surface area contributed by atoms with Crippen LogP contribution in [0.1, 0.15) is 68.7 Å². The van der Waals surface area contributed by atoms with Crippen LogP contribution in [0.4, 0.5) is 5.69 Å². The Labute approximate surface area is 280 Å². The van der Waals surface area contributed by atoms with Crippen molar-refractivity contribution in [1.82, 2.24) is 0 Å². The van der Waals surface area contributed by atoms with E-state index in [1.54, 1.807) is 46.9 Å². The first-order valence-corrected chi connectivity index (χ1v) is 14.6. The number of ketones is 1. The van der Waals surface area contributed by atoms with Crippen molar-refractivity contribution in [2.45, 2.75) is 38.5 Å². The van der Waals surface area contributed by atoms with Crippen molar-refractivity contribution < 1.29 is 59.2 Å². The van der Waals surface area contributed by atoms with Gasteiger partial charge in [-0.05, 0) is 65.6 Å². The van der Waals surface area contributed by atoms with Crippen molar-refractivity contribution in [3.8, 4) is 11.5 Å². The van der Waals surface area contributed by atoms with Gasteiger partial charge in [-0.3, -0.25) is 24.5 Å². The average Bonchev–Trinajstić information content (AvgIpc) is 2.98. The Balaban J connectivity index is 0.000000359. The number of carboxylic acids is 4. The minimum atomic E-state index is -1.27. The van der Waals surface area contributed by atoms with Gasteiger partial charge in [-0.1, -0.05) is 41.9 Å². The molecule has 0 unspecified atom stereocenters. The summed E-state index contributed by atoms with van der Waals surface area (Å²) in [7, 11) is 1.40. The molecule has 0 heterocycles. The van der Waals surface area contributed by atoms with Crippen LogP contribution in [0, 0.1) is 13.7 Å². The fourth-order valence-corrected chi connectivity index (χ4v) is 4.43. The number of carbonyl (C=O) groups is 5. The summed E-state index contributed by atoms with van der Waals surface area (Å²) in [5, 5.41) is 54.2. The topological polar surface area (TPSA) is 239 Å². The SMILES string of the molecule is COc1cccc(Cl)c1C(=O)O.O=C(O)CCCC(=O)c1ccc(CCCC(=O)O)cc1.O=C(O)c1cc(I)c(O)c([N+](=O)[O-])c1. The maximum absolute atomic E-state index is 11.8. The quantitative estimate of drug-likeness (QED) is 0.0565. The second-order valence-electron chi connectivity index (χ2n) is 9.12. The lowest BCUT2D eigenvalue weighted by atomic mass is 10.0. The monoisotopic (exact) mass is 773 g/mol. The van der Waals surface area contributed by atoms with Crippen LogP contribution in [0.5, 0.6) is 11.5 Å². The number of halogens is 2. The molecule has 3 aromatic rings. The summed E-state index contributed by atoms with van der Waals surface area (Å²) >= 11 is 7.27. The predicted octanol–water partition coefficient (Wildman–Crippen LogP) is 6.18. The largest absolute Gasteiger partial charge is 0.501 e. The van der Waals surface area contributed by atoms with Crippen LogP contribution in [0.15, 0.2) is 54.6 Å². The minimum Gasteiger partial charge on any atom is -0.501 e. The highest BCUT2D eigenvalue weighted by Gasteiger charge is 2.20. The van der Waals surface area contributed by atoms with Crippen LogP contribution in [-0.2, 0) is 16.0 Å². The van der Waals surface area contributed by atoms with Crippen LogP contribution in [0.25, 0.3) is 0 Å². The molecule has 0 atom stereocenters. The summed E-state index contributed by atoms with van der Waals surface area (Å²) in [5.41, 5.74) is 0.737. The Hall–Kier alpha value is -4.77. The third-order valence-electron chi connectivity index (χ3n) is 5.82. The van der Waals surface area contributed by atoms with Crippen molar-refractivity contribution in [2.24, 2.45) is 0 Å². The van der Waals surface area contributed by atoms with Crippen LogP contribution >= 0.6 is 34.2 Å². The number of aliphatic carboxylic acids is 2. The van der Waals surface area contributed by atoms with Gasteiger partial charge in [-0.25, -0.2) is 9.59 Å². The number of nitro groups is 1. The maximum atomic E-state index is 11.8. The number of Topliss-reactive ketones (excluding diaryl/α,β-unsaturated/α-hetero) is 1. The van der Waals surface area contributed by atoms with Gasteiger partial charge >= 0.3 is 29.6 Å². The standard InChI is InChI=1S/C15H18O5.C8H7ClO3.C7H4INO5/c16-13(4-2-6-15(19)20)12-9-7-11(8-10-12)3-1-5-14(17)18;1-12-6-4-2-3-5(9)7(6)8(10)11;8-4-1-3(7(11)12)2-5(6(4)10)9(13)14/h7-10H,1-6H2,(H,17,18)(H,19,20);2-4H,1H3,(H,10,11);1-2,10H,(H,11,12). The van der Waals surface area contributed by atoms with Crippen LogP contribution in [-0.4, -0.2) is 67.2 Å². The number of phenols is 1. The van der Waals surface area contributed by atoms with E-state index in [0.29, 0.717) is 24.8 Å². The number of nitro benzene ring substituents is 1. The summed E-state index contributed by atoms with van der Waals surface area (Å²) in [5.74, 6) is -4.37. The van der Waals surface area contributed by atoms with Gasteiger partial charge in [0.15, 0.2) is 5.78 Å². The molecular weight excluding hydrogens is 745 g/mol. The number of hydrogen-bond donors (Lipinski definition) is 5. The van der Waals surface area contributed by atoms with Crippen LogP contribution < -0.4 is 4.74 Å². The second kappa shape index (κ2) is 19.6. The molecule has 3 rings (SSSR count). The summed E-state index contributed by atoms with van der Waals surface area (Å²) < 4.78 is 4.96.